The van der Waals surface area contributed by atoms with Crippen LogP contribution in [0, 0.1) is 10.1 Å². The van der Waals surface area contributed by atoms with Gasteiger partial charge in [-0.05, 0) is 25.1 Å². The van der Waals surface area contributed by atoms with Crippen molar-refractivity contribution in [1.29, 1.82) is 0 Å². The fourth-order valence-electron chi connectivity index (χ4n) is 1.92. The summed E-state index contributed by atoms with van der Waals surface area (Å²) in [6.45, 7) is 2.43. The van der Waals surface area contributed by atoms with E-state index in [-0.39, 0.29) is 5.69 Å². The van der Waals surface area contributed by atoms with Crippen LogP contribution in [0.25, 0.3) is 0 Å². The number of ether oxygens (including phenoxy) is 2. The summed E-state index contributed by atoms with van der Waals surface area (Å²) in [5, 5.41) is 14.3. The first-order valence-electron chi connectivity index (χ1n) is 6.59. The molecule has 0 atom stereocenters. The summed E-state index contributed by atoms with van der Waals surface area (Å²) in [6.07, 6.45) is 0. The molecule has 0 aliphatic rings. The van der Waals surface area contributed by atoms with Gasteiger partial charge in [-0.15, -0.1) is 0 Å². The number of anilines is 1. The lowest BCUT2D eigenvalue weighted by atomic mass is 10.2. The number of nitrogens with zero attached hydrogens (tertiary/aromatic N) is 1. The quantitative estimate of drug-likeness (QED) is 0.627. The Morgan fingerprint density at radius 1 is 1.23 bits per heavy atom. The first kappa shape index (κ1) is 15.9. The lowest BCUT2D eigenvalue weighted by molar-refractivity contribution is -0.384. The zero-order valence-electron chi connectivity index (χ0n) is 12.1. The van der Waals surface area contributed by atoms with Crippen molar-refractivity contribution in [3.63, 3.8) is 0 Å². The number of nitro groups is 1. The summed E-state index contributed by atoms with van der Waals surface area (Å²) in [6, 6.07) is 9.54. The SMILES string of the molecule is CCNc1cc(Oc2ccc(OC)c(Cl)c2)ccc1[N+](=O)[O-]. The molecule has 0 unspecified atom stereocenters. The van der Waals surface area contributed by atoms with Gasteiger partial charge in [-0.2, -0.15) is 0 Å². The van der Waals surface area contributed by atoms with Crippen molar-refractivity contribution in [2.75, 3.05) is 19.0 Å². The van der Waals surface area contributed by atoms with Gasteiger partial charge in [-0.25, -0.2) is 0 Å². The molecule has 116 valence electrons. The predicted octanol–water partition coefficient (Wildman–Crippen LogP) is 4.48. The minimum Gasteiger partial charge on any atom is -0.495 e. The minimum atomic E-state index is -0.438. The highest BCUT2D eigenvalue weighted by atomic mass is 35.5. The average Bonchev–Trinajstić information content (AvgIpc) is 2.48. The summed E-state index contributed by atoms with van der Waals surface area (Å²) in [4.78, 5) is 10.5. The Labute approximate surface area is 132 Å². The summed E-state index contributed by atoms with van der Waals surface area (Å²) in [5.74, 6) is 1.54. The van der Waals surface area contributed by atoms with Crippen LogP contribution in [-0.4, -0.2) is 18.6 Å². The first-order valence-corrected chi connectivity index (χ1v) is 6.96. The van der Waals surface area contributed by atoms with Gasteiger partial charge in [0, 0.05) is 24.7 Å². The summed E-state index contributed by atoms with van der Waals surface area (Å²) < 4.78 is 10.7. The summed E-state index contributed by atoms with van der Waals surface area (Å²) in [7, 11) is 1.53. The Bertz CT molecular complexity index is 691. The van der Waals surface area contributed by atoms with Crippen LogP contribution in [0.5, 0.6) is 17.2 Å². The molecule has 2 rings (SSSR count). The van der Waals surface area contributed by atoms with Crippen molar-refractivity contribution < 1.29 is 14.4 Å². The number of nitrogens with one attached hydrogen (secondary N) is 1. The number of benzene rings is 2. The second-order valence-corrected chi connectivity index (χ2v) is 4.77. The van der Waals surface area contributed by atoms with Gasteiger partial charge in [0.2, 0.25) is 0 Å². The number of hydrogen-bond acceptors (Lipinski definition) is 5. The van der Waals surface area contributed by atoms with E-state index in [0.29, 0.717) is 34.5 Å². The molecule has 2 aromatic rings. The van der Waals surface area contributed by atoms with E-state index in [4.69, 9.17) is 21.1 Å². The van der Waals surface area contributed by atoms with Crippen LogP contribution in [0.15, 0.2) is 36.4 Å². The van der Waals surface area contributed by atoms with Crippen LogP contribution >= 0.6 is 11.6 Å². The smallest absolute Gasteiger partial charge is 0.292 e. The van der Waals surface area contributed by atoms with Crippen molar-refractivity contribution in [2.24, 2.45) is 0 Å². The molecule has 0 radical (unpaired) electrons. The van der Waals surface area contributed by atoms with Crippen molar-refractivity contribution in [2.45, 2.75) is 6.92 Å². The van der Waals surface area contributed by atoms with Crippen LogP contribution in [-0.2, 0) is 0 Å². The molecule has 6 nitrogen and oxygen atoms in total. The van der Waals surface area contributed by atoms with Gasteiger partial charge in [0.15, 0.2) is 0 Å². The van der Waals surface area contributed by atoms with Crippen molar-refractivity contribution in [1.82, 2.24) is 0 Å². The molecule has 0 bridgehead atoms. The Kier molecular flexibility index (Phi) is 5.06. The van der Waals surface area contributed by atoms with Crippen molar-refractivity contribution in [3.05, 3.63) is 51.5 Å². The second-order valence-electron chi connectivity index (χ2n) is 4.36. The molecule has 22 heavy (non-hydrogen) atoms. The fraction of sp³-hybridized carbons (Fsp3) is 0.200. The van der Waals surface area contributed by atoms with E-state index in [1.165, 1.54) is 19.2 Å². The summed E-state index contributed by atoms with van der Waals surface area (Å²) >= 11 is 6.04. The van der Waals surface area contributed by atoms with E-state index >= 15 is 0 Å². The van der Waals surface area contributed by atoms with Crippen LogP contribution < -0.4 is 14.8 Å². The zero-order valence-corrected chi connectivity index (χ0v) is 12.9. The minimum absolute atomic E-state index is 0.00182. The molecule has 0 saturated heterocycles. The third-order valence-corrected chi connectivity index (χ3v) is 3.19. The number of halogens is 1. The highest BCUT2D eigenvalue weighted by molar-refractivity contribution is 6.32. The molecule has 0 amide bonds. The highest BCUT2D eigenvalue weighted by Crippen LogP contribution is 2.34. The normalized spacial score (nSPS) is 10.1. The molecule has 0 saturated carbocycles. The third kappa shape index (κ3) is 3.59. The van der Waals surface area contributed by atoms with Gasteiger partial charge in [0.1, 0.15) is 22.9 Å². The predicted molar refractivity (Wildman–Crippen MR) is 85.3 cm³/mol. The largest absolute Gasteiger partial charge is 0.495 e. The first-order chi connectivity index (χ1) is 10.5. The van der Waals surface area contributed by atoms with Gasteiger partial charge in [0.25, 0.3) is 5.69 Å². The van der Waals surface area contributed by atoms with E-state index < -0.39 is 4.92 Å². The average molecular weight is 323 g/mol. The Hall–Kier alpha value is -2.47. The maximum absolute atomic E-state index is 11.0. The molecular formula is C15H15ClN2O4. The molecule has 0 heterocycles. The van der Waals surface area contributed by atoms with E-state index in [0.717, 1.165) is 0 Å². The van der Waals surface area contributed by atoms with Crippen LogP contribution in [0.1, 0.15) is 6.92 Å². The van der Waals surface area contributed by atoms with Gasteiger partial charge in [0.05, 0.1) is 17.1 Å². The second kappa shape index (κ2) is 7.00. The molecule has 0 spiro atoms. The molecular weight excluding hydrogens is 308 g/mol. The van der Waals surface area contributed by atoms with Crippen LogP contribution in [0.3, 0.4) is 0 Å². The lowest BCUT2D eigenvalue weighted by Gasteiger charge is -2.10. The third-order valence-electron chi connectivity index (χ3n) is 2.89. The zero-order chi connectivity index (χ0) is 16.1. The molecule has 2 aromatic carbocycles. The lowest BCUT2D eigenvalue weighted by Crippen LogP contribution is -2.01. The van der Waals surface area contributed by atoms with Gasteiger partial charge < -0.3 is 14.8 Å². The standard InChI is InChI=1S/C15H15ClN2O4/c1-3-17-13-9-11(4-6-14(13)18(19)20)22-10-5-7-15(21-2)12(16)8-10/h4-9,17H,3H2,1-2H3. The van der Waals surface area contributed by atoms with E-state index in [1.807, 2.05) is 6.92 Å². The van der Waals surface area contributed by atoms with E-state index in [9.17, 15) is 10.1 Å². The monoisotopic (exact) mass is 322 g/mol. The van der Waals surface area contributed by atoms with Crippen molar-refractivity contribution in [3.8, 4) is 17.2 Å². The number of nitro benzene ring substituents is 1. The van der Waals surface area contributed by atoms with Gasteiger partial charge in [-0.3, -0.25) is 10.1 Å². The topological polar surface area (TPSA) is 73.6 Å². The number of methoxy groups -OCH3 is 1. The van der Waals surface area contributed by atoms with Gasteiger partial charge in [-0.1, -0.05) is 11.6 Å². The number of hydrogen-bond donors (Lipinski definition) is 1. The maximum atomic E-state index is 11.0. The van der Waals surface area contributed by atoms with Gasteiger partial charge >= 0.3 is 0 Å². The van der Waals surface area contributed by atoms with Crippen LogP contribution in [0.4, 0.5) is 11.4 Å². The molecule has 0 fully saturated rings. The number of rotatable bonds is 6. The fourth-order valence-corrected chi connectivity index (χ4v) is 2.16. The Morgan fingerprint density at radius 2 is 1.91 bits per heavy atom. The molecule has 7 heteroatoms. The van der Waals surface area contributed by atoms with E-state index in [1.54, 1.807) is 24.3 Å². The van der Waals surface area contributed by atoms with Crippen molar-refractivity contribution >= 4 is 23.0 Å². The summed E-state index contributed by atoms with van der Waals surface area (Å²) in [5.41, 5.74) is 0.409. The highest BCUT2D eigenvalue weighted by Gasteiger charge is 2.14. The Morgan fingerprint density at radius 3 is 2.50 bits per heavy atom. The molecule has 0 aliphatic heterocycles. The Balaban J connectivity index is 2.27. The molecule has 0 aliphatic carbocycles. The van der Waals surface area contributed by atoms with E-state index in [2.05, 4.69) is 5.32 Å². The molecule has 0 aromatic heterocycles. The van der Waals surface area contributed by atoms with Crippen LogP contribution in [0.2, 0.25) is 5.02 Å². The maximum Gasteiger partial charge on any atom is 0.292 e. The molecule has 1 N–H and O–H groups in total.